The number of benzene rings is 3. The van der Waals surface area contributed by atoms with Crippen molar-refractivity contribution >= 4 is 11.8 Å². The van der Waals surface area contributed by atoms with Crippen LogP contribution in [-0.4, -0.2) is 29.0 Å². The number of methoxy groups -OCH3 is 2. The highest BCUT2D eigenvalue weighted by Gasteiger charge is 2.17. The molecule has 0 aliphatic carbocycles. The molecule has 3 aromatic carbocycles. The molecule has 4 aromatic rings. The third kappa shape index (κ3) is 4.54. The van der Waals surface area contributed by atoms with Gasteiger partial charge in [0.05, 0.1) is 14.2 Å². The molecule has 4 rings (SSSR count). The maximum absolute atomic E-state index is 14.1. The first-order chi connectivity index (χ1) is 15.1. The van der Waals surface area contributed by atoms with Crippen molar-refractivity contribution in [3.05, 3.63) is 83.9 Å². The lowest BCUT2D eigenvalue weighted by Gasteiger charge is -2.12. The predicted molar refractivity (Wildman–Crippen MR) is 116 cm³/mol. The van der Waals surface area contributed by atoms with Gasteiger partial charge in [-0.3, -0.25) is 4.57 Å². The van der Waals surface area contributed by atoms with Gasteiger partial charge in [0, 0.05) is 22.6 Å². The summed E-state index contributed by atoms with van der Waals surface area (Å²) in [6.07, 6.45) is 0. The summed E-state index contributed by atoms with van der Waals surface area (Å²) in [7, 11) is 3.21. The first-order valence-corrected chi connectivity index (χ1v) is 10.4. The number of hydrogen-bond donors (Lipinski definition) is 0. The lowest BCUT2D eigenvalue weighted by atomic mass is 10.2. The van der Waals surface area contributed by atoms with E-state index in [0.717, 1.165) is 34.9 Å². The predicted octanol–water partition coefficient (Wildman–Crippen LogP) is 5.52. The van der Waals surface area contributed by atoms with Gasteiger partial charge in [0.15, 0.2) is 11.0 Å². The fourth-order valence-electron chi connectivity index (χ4n) is 3.05. The van der Waals surface area contributed by atoms with Gasteiger partial charge in [0.1, 0.15) is 23.1 Å². The Morgan fingerprint density at radius 1 is 0.839 bits per heavy atom. The zero-order chi connectivity index (χ0) is 21.8. The quantitative estimate of drug-likeness (QED) is 0.355. The highest BCUT2D eigenvalue weighted by Crippen LogP contribution is 2.31. The van der Waals surface area contributed by atoms with Gasteiger partial charge >= 0.3 is 0 Å². The molecular formula is C23H19F2N3O2S. The van der Waals surface area contributed by atoms with Gasteiger partial charge < -0.3 is 9.47 Å². The van der Waals surface area contributed by atoms with Gasteiger partial charge in [-0.1, -0.05) is 11.8 Å². The number of thioether (sulfide) groups is 1. The smallest absolute Gasteiger partial charge is 0.196 e. The minimum atomic E-state index is -0.479. The molecule has 0 spiro atoms. The van der Waals surface area contributed by atoms with Gasteiger partial charge in [0.2, 0.25) is 0 Å². The Hall–Kier alpha value is -3.39. The van der Waals surface area contributed by atoms with E-state index in [2.05, 4.69) is 10.2 Å². The molecule has 0 N–H and O–H groups in total. The van der Waals surface area contributed by atoms with E-state index in [-0.39, 0.29) is 11.3 Å². The number of halogens is 2. The first kappa shape index (κ1) is 20.9. The van der Waals surface area contributed by atoms with E-state index < -0.39 is 11.6 Å². The Morgan fingerprint density at radius 3 is 2.13 bits per heavy atom. The molecule has 0 bridgehead atoms. The van der Waals surface area contributed by atoms with E-state index in [1.54, 1.807) is 14.2 Å². The molecule has 0 saturated carbocycles. The van der Waals surface area contributed by atoms with Gasteiger partial charge in [-0.25, -0.2) is 8.78 Å². The zero-order valence-electron chi connectivity index (χ0n) is 16.9. The molecular weight excluding hydrogens is 420 g/mol. The molecule has 0 radical (unpaired) electrons. The van der Waals surface area contributed by atoms with Crippen molar-refractivity contribution < 1.29 is 18.3 Å². The molecule has 158 valence electrons. The molecule has 0 atom stereocenters. The van der Waals surface area contributed by atoms with Crippen molar-refractivity contribution in [2.45, 2.75) is 10.9 Å². The van der Waals surface area contributed by atoms with Crippen LogP contribution in [0.2, 0.25) is 0 Å². The van der Waals surface area contributed by atoms with E-state index in [1.807, 2.05) is 53.1 Å². The number of rotatable bonds is 7. The van der Waals surface area contributed by atoms with Crippen LogP contribution in [0.15, 0.2) is 71.9 Å². The molecule has 0 aliphatic heterocycles. The van der Waals surface area contributed by atoms with Crippen LogP contribution in [0.4, 0.5) is 8.78 Å². The van der Waals surface area contributed by atoms with Crippen LogP contribution < -0.4 is 9.47 Å². The maximum atomic E-state index is 14.1. The standard InChI is InChI=1S/C23H19F2N3O2S/c1-29-19-8-3-15(4-9-19)22-26-27-23(28(22)18-6-10-20(30-2)11-7-18)31-14-16-13-17(24)5-12-21(16)25/h3-13H,14H2,1-2H3. The third-order valence-corrected chi connectivity index (χ3v) is 5.65. The summed E-state index contributed by atoms with van der Waals surface area (Å²) >= 11 is 1.28. The van der Waals surface area contributed by atoms with E-state index in [9.17, 15) is 8.78 Å². The fraction of sp³-hybridized carbons (Fsp3) is 0.130. The molecule has 1 aromatic heterocycles. The zero-order valence-corrected chi connectivity index (χ0v) is 17.7. The molecule has 31 heavy (non-hydrogen) atoms. The highest BCUT2D eigenvalue weighted by molar-refractivity contribution is 7.98. The van der Waals surface area contributed by atoms with Crippen molar-refractivity contribution in [3.8, 4) is 28.6 Å². The minimum Gasteiger partial charge on any atom is -0.497 e. The molecule has 0 saturated heterocycles. The normalized spacial score (nSPS) is 10.8. The van der Waals surface area contributed by atoms with Crippen LogP contribution in [0.3, 0.4) is 0 Å². The monoisotopic (exact) mass is 439 g/mol. The van der Waals surface area contributed by atoms with Gasteiger partial charge in [-0.2, -0.15) is 0 Å². The van der Waals surface area contributed by atoms with Crippen LogP contribution in [0.25, 0.3) is 17.1 Å². The van der Waals surface area contributed by atoms with Gasteiger partial charge in [-0.05, 0) is 66.7 Å². The summed E-state index contributed by atoms with van der Waals surface area (Å²) in [5, 5.41) is 9.24. The van der Waals surface area contributed by atoms with Crippen molar-refractivity contribution in [1.82, 2.24) is 14.8 Å². The Kier molecular flexibility index (Phi) is 6.18. The van der Waals surface area contributed by atoms with Crippen molar-refractivity contribution in [1.29, 1.82) is 0 Å². The highest BCUT2D eigenvalue weighted by atomic mass is 32.2. The second-order valence-corrected chi connectivity index (χ2v) is 7.54. The lowest BCUT2D eigenvalue weighted by Crippen LogP contribution is -2.00. The van der Waals surface area contributed by atoms with Crippen molar-refractivity contribution in [2.75, 3.05) is 14.2 Å². The van der Waals surface area contributed by atoms with Crippen LogP contribution in [-0.2, 0) is 5.75 Å². The molecule has 5 nitrogen and oxygen atoms in total. The number of hydrogen-bond acceptors (Lipinski definition) is 5. The molecule has 0 amide bonds. The summed E-state index contributed by atoms with van der Waals surface area (Å²) in [5.74, 6) is 1.34. The van der Waals surface area contributed by atoms with E-state index >= 15 is 0 Å². The Balaban J connectivity index is 1.73. The van der Waals surface area contributed by atoms with Crippen molar-refractivity contribution in [2.24, 2.45) is 0 Å². The SMILES string of the molecule is COc1ccc(-c2nnc(SCc3cc(F)ccc3F)n2-c2ccc(OC)cc2)cc1. The number of ether oxygens (including phenoxy) is 2. The summed E-state index contributed by atoms with van der Waals surface area (Å²) in [6, 6.07) is 18.4. The van der Waals surface area contributed by atoms with Crippen LogP contribution >= 0.6 is 11.8 Å². The third-order valence-electron chi connectivity index (χ3n) is 4.68. The molecule has 0 unspecified atom stereocenters. The van der Waals surface area contributed by atoms with E-state index in [4.69, 9.17) is 9.47 Å². The van der Waals surface area contributed by atoms with E-state index in [0.29, 0.717) is 11.0 Å². The molecule has 1 heterocycles. The largest absolute Gasteiger partial charge is 0.497 e. The van der Waals surface area contributed by atoms with Crippen LogP contribution in [0.1, 0.15) is 5.56 Å². The first-order valence-electron chi connectivity index (χ1n) is 9.40. The lowest BCUT2D eigenvalue weighted by molar-refractivity contribution is 0.414. The average Bonchev–Trinajstić information content (AvgIpc) is 3.23. The number of aromatic nitrogens is 3. The molecule has 8 heteroatoms. The van der Waals surface area contributed by atoms with Gasteiger partial charge in [0.25, 0.3) is 0 Å². The van der Waals surface area contributed by atoms with Crippen molar-refractivity contribution in [3.63, 3.8) is 0 Å². The fourth-order valence-corrected chi connectivity index (χ4v) is 3.98. The summed E-state index contributed by atoms with van der Waals surface area (Å²) in [5.41, 5.74) is 1.92. The van der Waals surface area contributed by atoms with Crippen LogP contribution in [0.5, 0.6) is 11.5 Å². The summed E-state index contributed by atoms with van der Waals surface area (Å²) in [6.45, 7) is 0. The van der Waals surface area contributed by atoms with Crippen LogP contribution in [0, 0.1) is 11.6 Å². The number of nitrogens with zero attached hydrogens (tertiary/aromatic N) is 3. The average molecular weight is 439 g/mol. The molecule has 0 aliphatic rings. The Bertz CT molecular complexity index is 1180. The second kappa shape index (κ2) is 9.18. The summed E-state index contributed by atoms with van der Waals surface area (Å²) in [4.78, 5) is 0. The summed E-state index contributed by atoms with van der Waals surface area (Å²) < 4.78 is 40.0. The molecule has 0 fully saturated rings. The Labute approximate surface area is 182 Å². The maximum Gasteiger partial charge on any atom is 0.196 e. The van der Waals surface area contributed by atoms with Gasteiger partial charge in [-0.15, -0.1) is 10.2 Å². The second-order valence-electron chi connectivity index (χ2n) is 6.59. The van der Waals surface area contributed by atoms with E-state index in [1.165, 1.54) is 17.8 Å². The topological polar surface area (TPSA) is 49.2 Å². The Morgan fingerprint density at radius 2 is 1.48 bits per heavy atom. The minimum absolute atomic E-state index is 0.209.